The number of benzene rings is 1. The molecule has 2 rings (SSSR count). The number of carbonyl (C=O) groups is 1. The first-order valence-electron chi connectivity index (χ1n) is 6.09. The van der Waals surface area contributed by atoms with E-state index in [1.807, 2.05) is 7.05 Å². The predicted molar refractivity (Wildman–Crippen MR) is 68.6 cm³/mol. The fourth-order valence-corrected chi connectivity index (χ4v) is 2.58. The third-order valence-corrected chi connectivity index (χ3v) is 3.66. The lowest BCUT2D eigenvalue weighted by Gasteiger charge is -2.38. The average molecular weight is 232 g/mol. The molecule has 0 spiro atoms. The van der Waals surface area contributed by atoms with Gasteiger partial charge in [0, 0.05) is 19.5 Å². The Morgan fingerprint density at radius 1 is 1.35 bits per heavy atom. The molecule has 0 bridgehead atoms. The van der Waals surface area contributed by atoms with Gasteiger partial charge in [-0.2, -0.15) is 0 Å². The van der Waals surface area contributed by atoms with Gasteiger partial charge in [0.1, 0.15) is 0 Å². The molecule has 2 atom stereocenters. The lowest BCUT2D eigenvalue weighted by Crippen LogP contribution is -2.47. The van der Waals surface area contributed by atoms with Gasteiger partial charge < -0.3 is 10.6 Å². The Hall–Kier alpha value is -1.35. The van der Waals surface area contributed by atoms with Gasteiger partial charge in [-0.3, -0.25) is 4.79 Å². The van der Waals surface area contributed by atoms with E-state index in [0.29, 0.717) is 6.42 Å². The van der Waals surface area contributed by atoms with E-state index in [2.05, 4.69) is 32.0 Å². The van der Waals surface area contributed by atoms with Crippen LogP contribution in [0, 0.1) is 13.8 Å². The Morgan fingerprint density at radius 2 is 2.06 bits per heavy atom. The van der Waals surface area contributed by atoms with Crippen LogP contribution in [-0.4, -0.2) is 23.9 Å². The molecule has 3 heteroatoms. The lowest BCUT2D eigenvalue weighted by atomic mass is 9.88. The highest BCUT2D eigenvalue weighted by Crippen LogP contribution is 2.31. The van der Waals surface area contributed by atoms with Crippen LogP contribution in [0.1, 0.15) is 35.6 Å². The summed E-state index contributed by atoms with van der Waals surface area (Å²) in [7, 11) is 1.85. The Morgan fingerprint density at radius 3 is 2.76 bits per heavy atom. The van der Waals surface area contributed by atoms with Crippen molar-refractivity contribution in [1.29, 1.82) is 0 Å². The second-order valence-electron chi connectivity index (χ2n) is 5.01. The first-order chi connectivity index (χ1) is 8.00. The van der Waals surface area contributed by atoms with E-state index in [1.54, 1.807) is 4.90 Å². The molecular weight excluding hydrogens is 212 g/mol. The number of rotatable bonds is 1. The summed E-state index contributed by atoms with van der Waals surface area (Å²) < 4.78 is 0. The van der Waals surface area contributed by atoms with Crippen molar-refractivity contribution in [2.45, 2.75) is 38.8 Å². The number of amides is 1. The fourth-order valence-electron chi connectivity index (χ4n) is 2.58. The average Bonchev–Trinajstić information content (AvgIpc) is 2.29. The van der Waals surface area contributed by atoms with Gasteiger partial charge in [-0.1, -0.05) is 23.8 Å². The Bertz CT molecular complexity index is 442. The summed E-state index contributed by atoms with van der Waals surface area (Å²) in [5.74, 6) is 0.192. The molecule has 17 heavy (non-hydrogen) atoms. The quantitative estimate of drug-likeness (QED) is 0.804. The predicted octanol–water partition coefficient (Wildman–Crippen LogP) is 1.92. The highest BCUT2D eigenvalue weighted by atomic mass is 16.2. The van der Waals surface area contributed by atoms with Crippen LogP contribution in [0.2, 0.25) is 0 Å². The number of hydrogen-bond donors (Lipinski definition) is 1. The molecule has 2 N–H and O–H groups in total. The molecule has 1 aliphatic rings. The Balaban J connectivity index is 2.42. The normalized spacial score (nSPS) is 25.2. The van der Waals surface area contributed by atoms with Crippen molar-refractivity contribution in [3.63, 3.8) is 0 Å². The van der Waals surface area contributed by atoms with Crippen LogP contribution < -0.4 is 5.73 Å². The van der Waals surface area contributed by atoms with Crippen molar-refractivity contribution in [1.82, 2.24) is 4.90 Å². The van der Waals surface area contributed by atoms with E-state index >= 15 is 0 Å². The van der Waals surface area contributed by atoms with Gasteiger partial charge >= 0.3 is 0 Å². The Kier molecular flexibility index (Phi) is 3.20. The standard InChI is InChI=1S/C14H20N2O/c1-9-4-5-10(2)11(8-9)14-12(15)6-7-13(17)16(14)3/h4-5,8,12,14H,6-7,15H2,1-3H3. The van der Waals surface area contributed by atoms with Gasteiger partial charge in [0.05, 0.1) is 6.04 Å². The number of likely N-dealkylation sites (N-methyl/N-ethyl adjacent to an activating group) is 1. The molecule has 1 aliphatic heterocycles. The summed E-state index contributed by atoms with van der Waals surface area (Å²) in [6.45, 7) is 4.15. The van der Waals surface area contributed by atoms with E-state index in [9.17, 15) is 4.79 Å². The van der Waals surface area contributed by atoms with Crippen molar-refractivity contribution in [2.24, 2.45) is 5.73 Å². The van der Waals surface area contributed by atoms with Gasteiger partial charge in [0.15, 0.2) is 0 Å². The van der Waals surface area contributed by atoms with E-state index in [-0.39, 0.29) is 18.0 Å². The van der Waals surface area contributed by atoms with Gasteiger partial charge in [0.25, 0.3) is 0 Å². The highest BCUT2D eigenvalue weighted by Gasteiger charge is 2.33. The molecule has 1 aromatic rings. The van der Waals surface area contributed by atoms with Gasteiger partial charge in [-0.05, 0) is 31.4 Å². The maximum atomic E-state index is 11.8. The summed E-state index contributed by atoms with van der Waals surface area (Å²) in [6, 6.07) is 6.41. The maximum absolute atomic E-state index is 11.8. The smallest absolute Gasteiger partial charge is 0.222 e. The fraction of sp³-hybridized carbons (Fsp3) is 0.500. The van der Waals surface area contributed by atoms with E-state index in [4.69, 9.17) is 5.73 Å². The van der Waals surface area contributed by atoms with Crippen molar-refractivity contribution < 1.29 is 4.79 Å². The third-order valence-electron chi connectivity index (χ3n) is 3.66. The van der Waals surface area contributed by atoms with Gasteiger partial charge in [-0.15, -0.1) is 0 Å². The number of piperidine rings is 1. The topological polar surface area (TPSA) is 46.3 Å². The minimum Gasteiger partial charge on any atom is -0.337 e. The summed E-state index contributed by atoms with van der Waals surface area (Å²) in [5.41, 5.74) is 9.80. The van der Waals surface area contributed by atoms with Crippen molar-refractivity contribution in [3.8, 4) is 0 Å². The van der Waals surface area contributed by atoms with E-state index < -0.39 is 0 Å². The molecular formula is C14H20N2O. The van der Waals surface area contributed by atoms with E-state index in [1.165, 1.54) is 16.7 Å². The van der Waals surface area contributed by atoms with Gasteiger partial charge in [-0.25, -0.2) is 0 Å². The first kappa shape index (κ1) is 12.1. The third kappa shape index (κ3) is 2.20. The summed E-state index contributed by atoms with van der Waals surface area (Å²) >= 11 is 0. The highest BCUT2D eigenvalue weighted by molar-refractivity contribution is 5.77. The monoisotopic (exact) mass is 232 g/mol. The molecule has 92 valence electrons. The van der Waals surface area contributed by atoms with Crippen LogP contribution in [0.25, 0.3) is 0 Å². The van der Waals surface area contributed by atoms with Crippen LogP contribution in [0.4, 0.5) is 0 Å². The van der Waals surface area contributed by atoms with Crippen LogP contribution in [0.15, 0.2) is 18.2 Å². The lowest BCUT2D eigenvalue weighted by molar-refractivity contribution is -0.135. The number of nitrogens with zero attached hydrogens (tertiary/aromatic N) is 1. The molecule has 0 radical (unpaired) electrons. The number of carbonyl (C=O) groups excluding carboxylic acids is 1. The van der Waals surface area contributed by atoms with Crippen molar-refractivity contribution >= 4 is 5.91 Å². The van der Waals surface area contributed by atoms with Gasteiger partial charge in [0.2, 0.25) is 5.91 Å². The molecule has 3 nitrogen and oxygen atoms in total. The molecule has 1 heterocycles. The van der Waals surface area contributed by atoms with Crippen LogP contribution >= 0.6 is 0 Å². The largest absolute Gasteiger partial charge is 0.337 e. The molecule has 2 unspecified atom stereocenters. The van der Waals surface area contributed by atoms with Crippen LogP contribution in [0.3, 0.4) is 0 Å². The number of likely N-dealkylation sites (tertiary alicyclic amines) is 1. The minimum absolute atomic E-state index is 0.0242. The zero-order valence-corrected chi connectivity index (χ0v) is 10.7. The summed E-state index contributed by atoms with van der Waals surface area (Å²) in [5, 5.41) is 0. The maximum Gasteiger partial charge on any atom is 0.222 e. The molecule has 0 aliphatic carbocycles. The number of nitrogens with two attached hydrogens (primary N) is 1. The molecule has 0 saturated carbocycles. The molecule has 1 saturated heterocycles. The zero-order chi connectivity index (χ0) is 12.6. The SMILES string of the molecule is Cc1ccc(C)c(C2C(N)CCC(=O)N2C)c1. The number of aryl methyl sites for hydroxylation is 2. The second kappa shape index (κ2) is 4.49. The summed E-state index contributed by atoms with van der Waals surface area (Å²) in [4.78, 5) is 13.6. The zero-order valence-electron chi connectivity index (χ0n) is 10.7. The van der Waals surface area contributed by atoms with Crippen LogP contribution in [-0.2, 0) is 4.79 Å². The summed E-state index contributed by atoms with van der Waals surface area (Å²) in [6.07, 6.45) is 1.35. The molecule has 1 aromatic carbocycles. The number of hydrogen-bond acceptors (Lipinski definition) is 2. The van der Waals surface area contributed by atoms with Crippen molar-refractivity contribution in [2.75, 3.05) is 7.05 Å². The Labute approximate surface area is 103 Å². The molecule has 1 amide bonds. The minimum atomic E-state index is 0.0242. The van der Waals surface area contributed by atoms with E-state index in [0.717, 1.165) is 6.42 Å². The van der Waals surface area contributed by atoms with Crippen LogP contribution in [0.5, 0.6) is 0 Å². The molecule has 1 fully saturated rings. The second-order valence-corrected chi connectivity index (χ2v) is 5.01. The molecule has 0 aromatic heterocycles. The van der Waals surface area contributed by atoms with Crippen molar-refractivity contribution in [3.05, 3.63) is 34.9 Å². The first-order valence-corrected chi connectivity index (χ1v) is 6.09.